The van der Waals surface area contributed by atoms with Gasteiger partial charge < -0.3 is 24.2 Å². The third-order valence-corrected chi connectivity index (χ3v) is 12.8. The number of aromatic nitrogens is 4. The molecule has 0 saturated heterocycles. The first kappa shape index (κ1) is 45.1. The highest BCUT2D eigenvalue weighted by Gasteiger charge is 2.50. The van der Waals surface area contributed by atoms with Crippen LogP contribution in [0.25, 0.3) is 22.5 Å². The third kappa shape index (κ3) is 8.35. The second kappa shape index (κ2) is 19.4. The lowest BCUT2D eigenvalue weighted by Crippen LogP contribution is -2.55. The predicted molar refractivity (Wildman–Crippen MR) is 252 cm³/mol. The zero-order valence-corrected chi connectivity index (χ0v) is 37.3. The number of rotatable bonds is 17. The third-order valence-electron chi connectivity index (χ3n) is 12.8. The summed E-state index contributed by atoms with van der Waals surface area (Å²) in [5, 5.41) is 34.6. The molecule has 16 heteroatoms. The van der Waals surface area contributed by atoms with Crippen LogP contribution in [0.2, 0.25) is 0 Å². The van der Waals surface area contributed by atoms with Crippen LogP contribution in [0.5, 0.6) is 0 Å². The smallest absolute Gasteiger partial charge is 0.405 e. The number of para-hydroxylation sites is 1. The highest BCUT2D eigenvalue weighted by atomic mass is 17.0. The molecule has 16 nitrogen and oxygen atoms in total. The summed E-state index contributed by atoms with van der Waals surface area (Å²) >= 11 is 0. The number of benzene rings is 6. The second-order valence-corrected chi connectivity index (χ2v) is 16.6. The molecule has 2 heterocycles. The van der Waals surface area contributed by atoms with Crippen LogP contribution in [0, 0.1) is 16.0 Å². The van der Waals surface area contributed by atoms with Gasteiger partial charge in [-0.3, -0.25) is 4.79 Å². The minimum absolute atomic E-state index is 0.0339. The Kier molecular flexibility index (Phi) is 12.9. The average molecular weight is 915 g/mol. The predicted octanol–water partition coefficient (Wildman–Crippen LogP) is 8.64. The zero-order chi connectivity index (χ0) is 47.3. The topological polar surface area (TPSA) is 190 Å². The summed E-state index contributed by atoms with van der Waals surface area (Å²) in [6.45, 7) is 2.17. The van der Waals surface area contributed by atoms with Gasteiger partial charge in [0.25, 0.3) is 5.09 Å². The van der Waals surface area contributed by atoms with Gasteiger partial charge in [-0.05, 0) is 70.1 Å². The Morgan fingerprint density at radius 2 is 1.40 bits per heavy atom. The molecule has 0 spiro atoms. The van der Waals surface area contributed by atoms with Gasteiger partial charge in [0.1, 0.15) is 42.6 Å². The van der Waals surface area contributed by atoms with Crippen molar-refractivity contribution in [2.24, 2.45) is 10.9 Å². The van der Waals surface area contributed by atoms with Gasteiger partial charge >= 0.3 is 18.0 Å². The van der Waals surface area contributed by atoms with Crippen LogP contribution < -0.4 is 4.48 Å². The summed E-state index contributed by atoms with van der Waals surface area (Å²) in [5.41, 5.74) is 6.17. The van der Waals surface area contributed by atoms with E-state index in [9.17, 15) is 24.8 Å². The maximum atomic E-state index is 13.5. The number of quaternary nitrogens is 1. The molecule has 4 atom stereocenters. The van der Waals surface area contributed by atoms with E-state index >= 15 is 0 Å². The van der Waals surface area contributed by atoms with E-state index in [0.717, 1.165) is 38.9 Å². The van der Waals surface area contributed by atoms with Gasteiger partial charge in [0.05, 0.1) is 18.6 Å². The monoisotopic (exact) mass is 914 g/mol. The highest BCUT2D eigenvalue weighted by molar-refractivity contribution is 6.06. The van der Waals surface area contributed by atoms with Gasteiger partial charge in [0, 0.05) is 18.2 Å². The number of methoxy groups -OCH3 is 1. The van der Waals surface area contributed by atoms with Crippen molar-refractivity contribution in [3.8, 4) is 22.5 Å². The number of hydrogen-bond donors (Lipinski definition) is 1. The van der Waals surface area contributed by atoms with Gasteiger partial charge in [0.2, 0.25) is 0 Å². The van der Waals surface area contributed by atoms with E-state index in [1.165, 1.54) is 13.2 Å². The van der Waals surface area contributed by atoms with E-state index in [1.54, 1.807) is 12.1 Å². The molecule has 0 radical (unpaired) electrons. The summed E-state index contributed by atoms with van der Waals surface area (Å²) in [6.07, 6.45) is -1.34. The highest BCUT2D eigenvalue weighted by Crippen LogP contribution is 2.46. The Labute approximate surface area is 391 Å². The van der Waals surface area contributed by atoms with Crippen molar-refractivity contribution in [2.75, 3.05) is 26.9 Å². The molecule has 68 heavy (non-hydrogen) atoms. The van der Waals surface area contributed by atoms with E-state index < -0.39 is 40.7 Å². The Morgan fingerprint density at radius 1 is 0.794 bits per heavy atom. The molecule has 1 N–H and O–H groups in total. The number of amidine groups is 1. The second-order valence-electron chi connectivity index (χ2n) is 16.6. The lowest BCUT2D eigenvalue weighted by molar-refractivity contribution is -0.770. The number of fused-ring (bicyclic) bond motifs is 1. The molecule has 1 unspecified atom stereocenters. The fraction of sp³-hybridized carbons (Fsp3) is 0.231. The normalized spacial score (nSPS) is 18.6. The van der Waals surface area contributed by atoms with Crippen molar-refractivity contribution in [1.82, 2.24) is 24.7 Å². The van der Waals surface area contributed by atoms with E-state index in [0.29, 0.717) is 17.2 Å². The van der Waals surface area contributed by atoms with Crippen molar-refractivity contribution in [3.63, 3.8) is 0 Å². The number of hydrogen-bond acceptors (Lipinski definition) is 12. The van der Waals surface area contributed by atoms with Crippen LogP contribution in [0.3, 0.4) is 0 Å². The quantitative estimate of drug-likeness (QED) is 0.0301. The Hall–Kier alpha value is -8.08. The van der Waals surface area contributed by atoms with E-state index in [-0.39, 0.29) is 55.2 Å². The molecule has 1 aromatic heterocycles. The SMILES string of the molecule is CCOC1=Nc2cccc(C(=O)O)c2[N+]1(CCOC(=O)[C@@H]1C[C@H](OC)[C@@H](O[N+](=O)[O-])C1)Cc1ccc(-c2ccccc2-c2nnnn2C(c2ccccc2)(c2ccccc2)c2ccccc2)cc1. The first-order valence-corrected chi connectivity index (χ1v) is 22.3. The standard InChI is InChI=1S/C52H47N7O9/c1-3-66-51-53-44-25-15-24-43(49(60)61)47(44)59(51,30-31-67-50(62)37-32-45(65-2)46(33-37)68-58(63)64)34-35-26-28-36(29-27-35)41-22-13-14-23-42(41)48-54-55-56-57(48)52(38-16-7-4-8-17-38,39-18-9-5-10-19-39)40-20-11-6-12-21-40/h4-29,37,45-46H,3,30-34H2,1-2H3/p+1/t37-,45+,46+,59?/m1/s1. The molecule has 1 aliphatic heterocycles. The lowest BCUT2D eigenvalue weighted by atomic mass is 9.77. The van der Waals surface area contributed by atoms with Crippen molar-refractivity contribution < 1.29 is 38.8 Å². The van der Waals surface area contributed by atoms with Crippen LogP contribution in [0.4, 0.5) is 11.4 Å². The maximum absolute atomic E-state index is 13.5. The number of esters is 1. The Balaban J connectivity index is 1.07. The number of carboxylic acids is 1. The van der Waals surface area contributed by atoms with Gasteiger partial charge in [-0.2, -0.15) is 4.99 Å². The van der Waals surface area contributed by atoms with Crippen LogP contribution in [0.15, 0.2) is 163 Å². The van der Waals surface area contributed by atoms with Gasteiger partial charge in [0.15, 0.2) is 11.5 Å². The van der Waals surface area contributed by atoms with E-state index in [2.05, 4.69) is 41.6 Å². The van der Waals surface area contributed by atoms with Crippen LogP contribution in [-0.2, 0) is 35.9 Å². The molecule has 0 bridgehead atoms. The number of carbonyl (C=O) groups is 2. The number of carboxylic acid groups (broad SMARTS) is 1. The molecule has 344 valence electrons. The van der Waals surface area contributed by atoms with Crippen LogP contribution in [-0.4, -0.2) is 87.4 Å². The number of nitrogens with zero attached hydrogens (tertiary/aromatic N) is 7. The Morgan fingerprint density at radius 3 is 1.99 bits per heavy atom. The molecule has 1 fully saturated rings. The van der Waals surface area contributed by atoms with Crippen LogP contribution >= 0.6 is 0 Å². The molecule has 0 amide bonds. The summed E-state index contributed by atoms with van der Waals surface area (Å²) in [5.74, 6) is -1.87. The fourth-order valence-electron chi connectivity index (χ4n) is 9.82. The van der Waals surface area contributed by atoms with Gasteiger partial charge in [-0.1, -0.05) is 146 Å². The van der Waals surface area contributed by atoms with Crippen molar-refractivity contribution in [2.45, 2.75) is 44.1 Å². The maximum Gasteiger partial charge on any atom is 0.405 e. The molecule has 7 aromatic rings. The summed E-state index contributed by atoms with van der Waals surface area (Å²) < 4.78 is 19.2. The Bertz CT molecular complexity index is 2850. The summed E-state index contributed by atoms with van der Waals surface area (Å²) in [7, 11) is 1.41. The molecule has 1 aliphatic carbocycles. The molecule has 1 saturated carbocycles. The minimum Gasteiger partial charge on any atom is -0.477 e. The largest absolute Gasteiger partial charge is 0.477 e. The van der Waals surface area contributed by atoms with Crippen molar-refractivity contribution >= 4 is 29.3 Å². The number of aromatic carboxylic acids is 1. The van der Waals surface area contributed by atoms with Crippen molar-refractivity contribution in [1.29, 1.82) is 0 Å². The van der Waals surface area contributed by atoms with E-state index in [1.807, 2.05) is 115 Å². The number of aliphatic imine (C=N–C) groups is 1. The van der Waals surface area contributed by atoms with E-state index in [4.69, 9.17) is 34.4 Å². The van der Waals surface area contributed by atoms with Gasteiger partial charge in [-0.25, -0.2) is 14.0 Å². The molecular formula is C52H48N7O9+. The molecular weight excluding hydrogens is 867 g/mol. The first-order chi connectivity index (χ1) is 33.2. The van der Waals surface area contributed by atoms with Gasteiger partial charge in [-0.15, -0.1) is 15.2 Å². The summed E-state index contributed by atoms with van der Waals surface area (Å²) in [4.78, 5) is 47.1. The average Bonchev–Trinajstić information content (AvgIpc) is 4.10. The molecule has 2 aliphatic rings. The molecule has 6 aromatic carbocycles. The summed E-state index contributed by atoms with van der Waals surface area (Å²) in [6, 6.07) is 51.7. The lowest BCUT2D eigenvalue weighted by Gasteiger charge is -2.36. The minimum atomic E-state index is -1.15. The molecule has 9 rings (SSSR count). The number of carbonyl (C=O) groups excluding carboxylic acids is 1. The first-order valence-electron chi connectivity index (χ1n) is 22.3. The van der Waals surface area contributed by atoms with Crippen LogP contribution in [0.1, 0.15) is 52.4 Å². The number of tetrazole rings is 1. The zero-order valence-electron chi connectivity index (χ0n) is 37.3. The number of ether oxygens (including phenoxy) is 3. The fourth-order valence-corrected chi connectivity index (χ4v) is 9.82. The van der Waals surface area contributed by atoms with Crippen molar-refractivity contribution in [3.05, 3.63) is 196 Å².